The lowest BCUT2D eigenvalue weighted by Gasteiger charge is -2.23. The molecule has 6 heteroatoms. The van der Waals surface area contributed by atoms with Gasteiger partial charge in [-0.1, -0.05) is 20.8 Å². The van der Waals surface area contributed by atoms with Gasteiger partial charge < -0.3 is 9.67 Å². The molecule has 112 valence electrons. The zero-order chi connectivity index (χ0) is 15.9. The number of aromatic carboxylic acids is 1. The summed E-state index contributed by atoms with van der Waals surface area (Å²) < 4.78 is 28.1. The van der Waals surface area contributed by atoms with Crippen LogP contribution in [0.4, 0.5) is 8.78 Å². The molecule has 21 heavy (non-hydrogen) atoms. The number of carboxylic acids is 1. The van der Waals surface area contributed by atoms with Crippen molar-refractivity contribution in [2.24, 2.45) is 5.41 Å². The summed E-state index contributed by atoms with van der Waals surface area (Å²) in [5.74, 6) is -3.54. The van der Waals surface area contributed by atoms with Crippen molar-refractivity contribution >= 4 is 16.9 Å². The first-order valence-electron chi connectivity index (χ1n) is 6.36. The Bertz CT molecular complexity index is 788. The fourth-order valence-corrected chi connectivity index (χ4v) is 2.19. The molecule has 0 saturated carbocycles. The highest BCUT2D eigenvalue weighted by Crippen LogP contribution is 2.23. The Hall–Kier alpha value is -2.24. The van der Waals surface area contributed by atoms with Gasteiger partial charge in [-0.15, -0.1) is 0 Å². The Labute approximate surface area is 119 Å². The molecule has 1 heterocycles. The van der Waals surface area contributed by atoms with Crippen molar-refractivity contribution < 1.29 is 18.7 Å². The molecule has 0 aliphatic rings. The van der Waals surface area contributed by atoms with Gasteiger partial charge in [0.05, 0.1) is 5.52 Å². The predicted octanol–water partition coefficient (Wildman–Crippen LogP) is 3.02. The van der Waals surface area contributed by atoms with Crippen LogP contribution in [-0.2, 0) is 6.54 Å². The monoisotopic (exact) mass is 295 g/mol. The van der Waals surface area contributed by atoms with Gasteiger partial charge >= 0.3 is 5.97 Å². The van der Waals surface area contributed by atoms with Gasteiger partial charge in [0, 0.05) is 24.1 Å². The SMILES string of the molecule is CC(C)(C)Cn1c(C(=O)O)cc(=O)c2cc(F)c(F)cc21. The van der Waals surface area contributed by atoms with E-state index in [1.54, 1.807) is 0 Å². The van der Waals surface area contributed by atoms with E-state index in [9.17, 15) is 23.5 Å². The van der Waals surface area contributed by atoms with E-state index in [0.717, 1.165) is 18.2 Å². The number of rotatable bonds is 2. The van der Waals surface area contributed by atoms with Gasteiger partial charge in [-0.25, -0.2) is 13.6 Å². The van der Waals surface area contributed by atoms with Crippen LogP contribution in [0.2, 0.25) is 0 Å². The summed E-state index contributed by atoms with van der Waals surface area (Å²) in [7, 11) is 0. The van der Waals surface area contributed by atoms with Crippen LogP contribution in [0.25, 0.3) is 10.9 Å². The van der Waals surface area contributed by atoms with Crippen LogP contribution in [0.1, 0.15) is 31.3 Å². The van der Waals surface area contributed by atoms with E-state index < -0.39 is 23.0 Å². The van der Waals surface area contributed by atoms with Crippen molar-refractivity contribution in [3.8, 4) is 0 Å². The molecule has 0 aliphatic carbocycles. The quantitative estimate of drug-likeness (QED) is 0.926. The Morgan fingerprint density at radius 2 is 1.76 bits per heavy atom. The molecule has 2 rings (SSSR count). The predicted molar refractivity (Wildman–Crippen MR) is 74.5 cm³/mol. The average molecular weight is 295 g/mol. The number of fused-ring (bicyclic) bond motifs is 1. The highest BCUT2D eigenvalue weighted by Gasteiger charge is 2.21. The van der Waals surface area contributed by atoms with E-state index in [1.165, 1.54) is 4.57 Å². The second-order valence-corrected chi connectivity index (χ2v) is 6.13. The molecule has 2 aromatic rings. The summed E-state index contributed by atoms with van der Waals surface area (Å²) in [5, 5.41) is 9.20. The molecule has 0 saturated heterocycles. The molecule has 0 atom stereocenters. The minimum atomic E-state index is -1.29. The molecular weight excluding hydrogens is 280 g/mol. The smallest absolute Gasteiger partial charge is 0.352 e. The summed E-state index contributed by atoms with van der Waals surface area (Å²) in [6.07, 6.45) is 0. The first-order valence-corrected chi connectivity index (χ1v) is 6.36. The topological polar surface area (TPSA) is 59.3 Å². The van der Waals surface area contributed by atoms with Crippen LogP contribution in [0.15, 0.2) is 23.0 Å². The van der Waals surface area contributed by atoms with Crippen LogP contribution in [0, 0.1) is 17.0 Å². The van der Waals surface area contributed by atoms with Crippen LogP contribution in [0.5, 0.6) is 0 Å². The molecule has 0 fully saturated rings. The number of halogens is 2. The van der Waals surface area contributed by atoms with Crippen LogP contribution >= 0.6 is 0 Å². The van der Waals surface area contributed by atoms with Crippen molar-refractivity contribution in [3.63, 3.8) is 0 Å². The summed E-state index contributed by atoms with van der Waals surface area (Å²) >= 11 is 0. The average Bonchev–Trinajstić information content (AvgIpc) is 2.33. The second-order valence-electron chi connectivity index (χ2n) is 6.13. The number of benzene rings is 1. The third-order valence-electron chi connectivity index (χ3n) is 3.01. The molecule has 0 amide bonds. The number of aromatic nitrogens is 1. The highest BCUT2D eigenvalue weighted by atomic mass is 19.2. The molecule has 1 N–H and O–H groups in total. The van der Waals surface area contributed by atoms with Crippen molar-refractivity contribution in [3.05, 3.63) is 45.8 Å². The second kappa shape index (κ2) is 4.95. The maximum Gasteiger partial charge on any atom is 0.352 e. The van der Waals surface area contributed by atoms with E-state index in [1.807, 2.05) is 20.8 Å². The number of pyridine rings is 1. The Kier molecular flexibility index (Phi) is 3.57. The zero-order valence-electron chi connectivity index (χ0n) is 11.9. The van der Waals surface area contributed by atoms with Gasteiger partial charge in [-0.05, 0) is 11.5 Å². The zero-order valence-corrected chi connectivity index (χ0v) is 11.9. The van der Waals surface area contributed by atoms with Gasteiger partial charge in [0.25, 0.3) is 0 Å². The van der Waals surface area contributed by atoms with Gasteiger partial charge in [0.15, 0.2) is 17.1 Å². The maximum atomic E-state index is 13.5. The van der Waals surface area contributed by atoms with Gasteiger partial charge in [-0.3, -0.25) is 4.79 Å². The fourth-order valence-electron chi connectivity index (χ4n) is 2.19. The fraction of sp³-hybridized carbons (Fsp3) is 0.333. The number of carboxylic acid groups (broad SMARTS) is 1. The van der Waals surface area contributed by atoms with E-state index in [0.29, 0.717) is 0 Å². The van der Waals surface area contributed by atoms with Crippen LogP contribution in [-0.4, -0.2) is 15.6 Å². The highest BCUT2D eigenvalue weighted by molar-refractivity contribution is 5.90. The van der Waals surface area contributed by atoms with Crippen molar-refractivity contribution in [1.29, 1.82) is 0 Å². The molecular formula is C15H15F2NO3. The van der Waals surface area contributed by atoms with E-state index in [-0.39, 0.29) is 28.6 Å². The summed E-state index contributed by atoms with van der Waals surface area (Å²) in [5.41, 5.74) is -1.12. The third kappa shape index (κ3) is 2.94. The molecule has 1 aromatic heterocycles. The van der Waals surface area contributed by atoms with Gasteiger partial charge in [-0.2, -0.15) is 0 Å². The summed E-state index contributed by atoms with van der Waals surface area (Å²) in [4.78, 5) is 23.2. The number of hydrogen-bond acceptors (Lipinski definition) is 2. The summed E-state index contributed by atoms with van der Waals surface area (Å²) in [6, 6.07) is 2.61. The normalized spacial score (nSPS) is 11.9. The molecule has 0 spiro atoms. The van der Waals surface area contributed by atoms with Gasteiger partial charge in [0.1, 0.15) is 5.69 Å². The lowest BCUT2D eigenvalue weighted by atomic mass is 9.96. The van der Waals surface area contributed by atoms with Crippen molar-refractivity contribution in [1.82, 2.24) is 4.57 Å². The number of nitrogens with zero attached hydrogens (tertiary/aromatic N) is 1. The Morgan fingerprint density at radius 3 is 2.29 bits per heavy atom. The van der Waals surface area contributed by atoms with Crippen molar-refractivity contribution in [2.75, 3.05) is 0 Å². The lowest BCUT2D eigenvalue weighted by molar-refractivity contribution is 0.0682. The molecule has 1 aromatic carbocycles. The largest absolute Gasteiger partial charge is 0.477 e. The minimum absolute atomic E-state index is 0.0387. The maximum absolute atomic E-state index is 13.5. The lowest BCUT2D eigenvalue weighted by Crippen LogP contribution is -2.24. The standard InChI is InChI=1S/C15H15F2NO3/c1-15(2,3)7-18-11-5-10(17)9(16)4-8(11)13(19)6-12(18)14(20)21/h4-6H,7H2,1-3H3,(H,20,21). The minimum Gasteiger partial charge on any atom is -0.477 e. The van der Waals surface area contributed by atoms with Crippen molar-refractivity contribution in [2.45, 2.75) is 27.3 Å². The molecule has 0 radical (unpaired) electrons. The molecule has 0 bridgehead atoms. The van der Waals surface area contributed by atoms with Crippen LogP contribution < -0.4 is 5.43 Å². The Morgan fingerprint density at radius 1 is 1.19 bits per heavy atom. The molecule has 0 unspecified atom stereocenters. The van der Waals surface area contributed by atoms with E-state index >= 15 is 0 Å². The summed E-state index contributed by atoms with van der Waals surface area (Å²) in [6.45, 7) is 5.88. The van der Waals surface area contributed by atoms with Gasteiger partial charge in [0.2, 0.25) is 0 Å². The van der Waals surface area contributed by atoms with E-state index in [4.69, 9.17) is 0 Å². The van der Waals surface area contributed by atoms with E-state index in [2.05, 4.69) is 0 Å². The Balaban J connectivity index is 2.92. The molecule has 4 nitrogen and oxygen atoms in total. The van der Waals surface area contributed by atoms with Crippen LogP contribution in [0.3, 0.4) is 0 Å². The number of hydrogen-bond donors (Lipinski definition) is 1. The third-order valence-corrected chi connectivity index (χ3v) is 3.01. The number of carbonyl (C=O) groups is 1. The first kappa shape index (κ1) is 15.2. The first-order chi connectivity index (χ1) is 9.60. The molecule has 0 aliphatic heterocycles.